The maximum atomic E-state index is 13.1. The molecule has 0 bridgehead atoms. The van der Waals surface area contributed by atoms with Crippen molar-refractivity contribution in [3.63, 3.8) is 0 Å². The van der Waals surface area contributed by atoms with E-state index >= 15 is 0 Å². The predicted octanol–water partition coefficient (Wildman–Crippen LogP) is 4.60. The molecule has 2 rings (SSSR count). The molecule has 0 aliphatic heterocycles. The van der Waals surface area contributed by atoms with E-state index in [0.717, 1.165) is 4.70 Å². The van der Waals surface area contributed by atoms with E-state index < -0.39 is 23.4 Å². The number of rotatable bonds is 13. The van der Waals surface area contributed by atoms with Gasteiger partial charge in [-0.3, -0.25) is 4.79 Å². The van der Waals surface area contributed by atoms with Crippen molar-refractivity contribution >= 4 is 39.7 Å². The van der Waals surface area contributed by atoms with Crippen LogP contribution in [0.1, 0.15) is 53.0 Å². The quantitative estimate of drug-likeness (QED) is 0.239. The van der Waals surface area contributed by atoms with Crippen molar-refractivity contribution in [2.45, 2.75) is 59.2 Å². The van der Waals surface area contributed by atoms with Gasteiger partial charge in [0.25, 0.3) is 0 Å². The molecule has 12 nitrogen and oxygen atoms in total. The Bertz CT molecular complexity index is 1210. The zero-order valence-corrected chi connectivity index (χ0v) is 25.7. The third-order valence-electron chi connectivity index (χ3n) is 5.08. The molecule has 0 aliphatic rings. The lowest BCUT2D eigenvalue weighted by Crippen LogP contribution is -2.43. The Labute approximate surface area is 245 Å². The summed E-state index contributed by atoms with van der Waals surface area (Å²) in [5.74, 6) is -0.0237. The molecule has 2 aromatic rings. The number of fused-ring (bicyclic) bond motifs is 1. The molecular formula is C28H40N4O8S. The third-order valence-corrected chi connectivity index (χ3v) is 6.00. The molecule has 0 unspecified atom stereocenters. The van der Waals surface area contributed by atoms with Crippen LogP contribution in [-0.2, 0) is 23.7 Å². The summed E-state index contributed by atoms with van der Waals surface area (Å²) in [4.78, 5) is 44.2. The van der Waals surface area contributed by atoms with Crippen LogP contribution in [-0.4, -0.2) is 97.3 Å². The van der Waals surface area contributed by atoms with Gasteiger partial charge < -0.3 is 33.5 Å². The van der Waals surface area contributed by atoms with E-state index in [9.17, 15) is 14.4 Å². The standard InChI is InChI=1S/C28H40N4O8S/c1-27(2,3)39-24(33)10-14-36-16-17-37-15-13-32(12-11-31(7)25(34)40-28(4,5)6)26(35)38-20-8-9-21-22(18-20)41-23(19-29)30-21/h8-9,18H,10-17H2,1-7H3. The summed E-state index contributed by atoms with van der Waals surface area (Å²) in [6.45, 7) is 12.3. The molecule has 1 aromatic heterocycles. The molecule has 0 spiro atoms. The zero-order chi connectivity index (χ0) is 30.6. The lowest BCUT2D eigenvalue weighted by molar-refractivity contribution is -0.156. The molecule has 1 aromatic carbocycles. The van der Waals surface area contributed by atoms with Crippen LogP contribution in [0.2, 0.25) is 0 Å². The molecule has 0 aliphatic carbocycles. The fourth-order valence-electron chi connectivity index (χ4n) is 3.22. The van der Waals surface area contributed by atoms with Crippen LogP contribution in [0.25, 0.3) is 10.2 Å². The highest BCUT2D eigenvalue weighted by Crippen LogP contribution is 2.26. The van der Waals surface area contributed by atoms with E-state index in [0.29, 0.717) is 16.3 Å². The van der Waals surface area contributed by atoms with Crippen molar-refractivity contribution in [3.05, 3.63) is 23.2 Å². The van der Waals surface area contributed by atoms with Gasteiger partial charge in [-0.15, -0.1) is 11.3 Å². The van der Waals surface area contributed by atoms with Gasteiger partial charge in [0.05, 0.1) is 43.1 Å². The number of carbonyl (C=O) groups excluding carboxylic acids is 3. The number of nitrogens with zero attached hydrogens (tertiary/aromatic N) is 4. The maximum Gasteiger partial charge on any atom is 0.415 e. The van der Waals surface area contributed by atoms with E-state index in [1.165, 1.54) is 21.1 Å². The van der Waals surface area contributed by atoms with Gasteiger partial charge in [-0.1, -0.05) is 0 Å². The third kappa shape index (κ3) is 13.2. The lowest BCUT2D eigenvalue weighted by Gasteiger charge is -2.27. The van der Waals surface area contributed by atoms with Gasteiger partial charge in [0.1, 0.15) is 23.0 Å². The number of benzene rings is 1. The first kappa shape index (κ1) is 33.7. The van der Waals surface area contributed by atoms with Gasteiger partial charge >= 0.3 is 18.2 Å². The molecule has 0 saturated carbocycles. The number of ether oxygens (including phenoxy) is 5. The van der Waals surface area contributed by atoms with Crippen LogP contribution in [0.3, 0.4) is 0 Å². The van der Waals surface area contributed by atoms with Gasteiger partial charge in [0.2, 0.25) is 0 Å². The summed E-state index contributed by atoms with van der Waals surface area (Å²) in [5.41, 5.74) is -0.541. The highest BCUT2D eigenvalue weighted by Gasteiger charge is 2.22. The summed E-state index contributed by atoms with van der Waals surface area (Å²) in [7, 11) is 1.59. The van der Waals surface area contributed by atoms with Crippen LogP contribution >= 0.6 is 11.3 Å². The number of hydrogen-bond acceptors (Lipinski definition) is 11. The number of carbonyl (C=O) groups is 3. The summed E-state index contributed by atoms with van der Waals surface area (Å²) < 4.78 is 28.0. The van der Waals surface area contributed by atoms with Crippen molar-refractivity contribution in [2.75, 3.05) is 53.1 Å². The average Bonchev–Trinajstić information content (AvgIpc) is 3.27. The minimum absolute atomic E-state index is 0.146. The second kappa shape index (κ2) is 15.5. The van der Waals surface area contributed by atoms with Crippen molar-refractivity contribution in [2.24, 2.45) is 0 Å². The SMILES string of the molecule is CN(CCN(CCOCCOCCC(=O)OC(C)(C)C)C(=O)Oc1ccc2nc(C#N)sc2c1)C(=O)OC(C)(C)C. The van der Waals surface area contributed by atoms with Gasteiger partial charge in [0.15, 0.2) is 5.01 Å². The van der Waals surface area contributed by atoms with Crippen LogP contribution in [0.5, 0.6) is 5.75 Å². The lowest BCUT2D eigenvalue weighted by atomic mass is 10.2. The number of aromatic nitrogens is 1. The zero-order valence-electron chi connectivity index (χ0n) is 24.9. The smallest absolute Gasteiger partial charge is 0.415 e. The molecule has 1 heterocycles. The van der Waals surface area contributed by atoms with Crippen molar-refractivity contribution in [1.29, 1.82) is 5.26 Å². The van der Waals surface area contributed by atoms with Crippen molar-refractivity contribution in [1.82, 2.24) is 14.8 Å². The number of nitriles is 1. The predicted molar refractivity (Wildman–Crippen MR) is 153 cm³/mol. The summed E-state index contributed by atoms with van der Waals surface area (Å²) in [6, 6.07) is 6.95. The van der Waals surface area contributed by atoms with E-state index in [-0.39, 0.29) is 58.5 Å². The second-order valence-corrected chi connectivity index (χ2v) is 12.1. The monoisotopic (exact) mass is 592 g/mol. The maximum absolute atomic E-state index is 13.1. The van der Waals surface area contributed by atoms with Crippen LogP contribution in [0, 0.1) is 11.3 Å². The van der Waals surface area contributed by atoms with Crippen LogP contribution < -0.4 is 4.74 Å². The minimum atomic E-state index is -0.645. The number of amides is 2. The fourth-order valence-corrected chi connectivity index (χ4v) is 4.01. The molecule has 13 heteroatoms. The molecule has 226 valence electrons. The van der Waals surface area contributed by atoms with E-state index in [4.69, 9.17) is 28.9 Å². The molecule has 0 N–H and O–H groups in total. The number of esters is 1. The topological polar surface area (TPSA) is 141 Å². The minimum Gasteiger partial charge on any atom is -0.460 e. The van der Waals surface area contributed by atoms with Gasteiger partial charge in [-0.25, -0.2) is 14.6 Å². The highest BCUT2D eigenvalue weighted by molar-refractivity contribution is 7.19. The molecule has 0 saturated heterocycles. The summed E-state index contributed by atoms with van der Waals surface area (Å²) in [5, 5.41) is 9.40. The first-order chi connectivity index (χ1) is 19.2. The van der Waals surface area contributed by atoms with E-state index in [1.54, 1.807) is 66.8 Å². The molecular weight excluding hydrogens is 552 g/mol. The number of likely N-dealkylation sites (N-methyl/N-ethyl adjacent to an activating group) is 1. The molecule has 41 heavy (non-hydrogen) atoms. The number of thiazole rings is 1. The Hall–Kier alpha value is -3.47. The molecule has 0 atom stereocenters. The normalized spacial score (nSPS) is 11.6. The summed E-state index contributed by atoms with van der Waals surface area (Å²) >= 11 is 1.20. The Morgan fingerprint density at radius 3 is 2.20 bits per heavy atom. The van der Waals surface area contributed by atoms with E-state index in [1.807, 2.05) is 6.07 Å². The van der Waals surface area contributed by atoms with Crippen LogP contribution in [0.4, 0.5) is 9.59 Å². The second-order valence-electron chi connectivity index (χ2n) is 11.1. The highest BCUT2D eigenvalue weighted by atomic mass is 32.1. The Morgan fingerprint density at radius 2 is 1.56 bits per heavy atom. The largest absolute Gasteiger partial charge is 0.460 e. The van der Waals surface area contributed by atoms with Crippen LogP contribution in [0.15, 0.2) is 18.2 Å². The van der Waals surface area contributed by atoms with Gasteiger partial charge in [-0.2, -0.15) is 5.26 Å². The molecule has 0 fully saturated rings. The number of hydrogen-bond donors (Lipinski definition) is 0. The Morgan fingerprint density at radius 1 is 0.902 bits per heavy atom. The Balaban J connectivity index is 1.89. The molecule has 2 amide bonds. The summed E-state index contributed by atoms with van der Waals surface area (Å²) in [6.07, 6.45) is -0.980. The first-order valence-electron chi connectivity index (χ1n) is 13.3. The Kier molecular flexibility index (Phi) is 12.8. The van der Waals surface area contributed by atoms with Gasteiger partial charge in [0, 0.05) is 32.7 Å². The fraction of sp³-hybridized carbons (Fsp3) is 0.607. The molecule has 0 radical (unpaired) electrons. The van der Waals surface area contributed by atoms with Gasteiger partial charge in [-0.05, 0) is 53.7 Å². The van der Waals surface area contributed by atoms with Crippen molar-refractivity contribution < 1.29 is 38.1 Å². The van der Waals surface area contributed by atoms with Crippen molar-refractivity contribution in [3.8, 4) is 11.8 Å². The van der Waals surface area contributed by atoms with E-state index in [2.05, 4.69) is 4.98 Å². The average molecular weight is 593 g/mol. The first-order valence-corrected chi connectivity index (χ1v) is 14.1.